The van der Waals surface area contributed by atoms with Crippen LogP contribution in [0.4, 0.5) is 5.69 Å². The number of thiophene rings is 1. The molecule has 1 heterocycles. The standard InChI is InChI=1S/C16H18N2O5S2/c1-18(2)14(19)10-11-4-6-12(7-5-11)17-25(21,22)13-8-9-24-15(13)16(20)23-3/h4-9,17H,10H2,1-3H3. The normalized spacial score (nSPS) is 11.0. The summed E-state index contributed by atoms with van der Waals surface area (Å²) in [5.74, 6) is -0.748. The number of nitrogens with zero attached hydrogens (tertiary/aromatic N) is 1. The number of esters is 1. The average Bonchev–Trinajstić information content (AvgIpc) is 3.06. The van der Waals surface area contributed by atoms with E-state index in [9.17, 15) is 18.0 Å². The molecule has 1 amide bonds. The van der Waals surface area contributed by atoms with E-state index in [1.807, 2.05) is 0 Å². The topological polar surface area (TPSA) is 92.8 Å². The SMILES string of the molecule is COC(=O)c1sccc1S(=O)(=O)Nc1ccc(CC(=O)N(C)C)cc1. The first-order valence-electron chi connectivity index (χ1n) is 7.22. The van der Waals surface area contributed by atoms with Gasteiger partial charge in [-0.1, -0.05) is 12.1 Å². The Balaban J connectivity index is 2.17. The summed E-state index contributed by atoms with van der Waals surface area (Å²) in [5.41, 5.74) is 1.11. The van der Waals surface area contributed by atoms with E-state index < -0.39 is 16.0 Å². The van der Waals surface area contributed by atoms with Crippen molar-refractivity contribution in [2.24, 2.45) is 0 Å². The number of sulfonamides is 1. The largest absolute Gasteiger partial charge is 0.465 e. The van der Waals surface area contributed by atoms with Crippen LogP contribution < -0.4 is 4.72 Å². The highest BCUT2D eigenvalue weighted by molar-refractivity contribution is 7.93. The Morgan fingerprint density at radius 1 is 1.16 bits per heavy atom. The average molecular weight is 382 g/mol. The molecule has 0 spiro atoms. The van der Waals surface area contributed by atoms with Crippen LogP contribution in [0.1, 0.15) is 15.2 Å². The van der Waals surface area contributed by atoms with Crippen molar-refractivity contribution in [2.75, 3.05) is 25.9 Å². The minimum Gasteiger partial charge on any atom is -0.465 e. The predicted molar refractivity (Wildman–Crippen MR) is 95.3 cm³/mol. The van der Waals surface area contributed by atoms with Crippen molar-refractivity contribution in [3.8, 4) is 0 Å². The Morgan fingerprint density at radius 2 is 1.80 bits per heavy atom. The summed E-state index contributed by atoms with van der Waals surface area (Å²) in [5, 5.41) is 1.51. The minimum absolute atomic E-state index is 0.0169. The zero-order valence-electron chi connectivity index (χ0n) is 14.0. The molecule has 2 aromatic rings. The number of amides is 1. The van der Waals surface area contributed by atoms with E-state index in [2.05, 4.69) is 9.46 Å². The molecular formula is C16H18N2O5S2. The van der Waals surface area contributed by atoms with Crippen LogP contribution in [0.2, 0.25) is 0 Å². The molecular weight excluding hydrogens is 364 g/mol. The van der Waals surface area contributed by atoms with E-state index in [0.29, 0.717) is 5.69 Å². The second-order valence-corrected chi connectivity index (χ2v) is 7.94. The van der Waals surface area contributed by atoms with Gasteiger partial charge < -0.3 is 9.64 Å². The van der Waals surface area contributed by atoms with Gasteiger partial charge in [0.25, 0.3) is 10.0 Å². The molecule has 0 bridgehead atoms. The van der Waals surface area contributed by atoms with Crippen molar-refractivity contribution in [2.45, 2.75) is 11.3 Å². The van der Waals surface area contributed by atoms with Gasteiger partial charge in [-0.3, -0.25) is 9.52 Å². The van der Waals surface area contributed by atoms with E-state index in [4.69, 9.17) is 0 Å². The second kappa shape index (κ2) is 7.66. The molecule has 25 heavy (non-hydrogen) atoms. The molecule has 0 saturated carbocycles. The summed E-state index contributed by atoms with van der Waals surface area (Å²) < 4.78 is 32.0. The third-order valence-corrected chi connectivity index (χ3v) is 5.80. The van der Waals surface area contributed by atoms with Gasteiger partial charge in [0.2, 0.25) is 5.91 Å². The molecule has 0 radical (unpaired) electrons. The molecule has 0 atom stereocenters. The van der Waals surface area contributed by atoms with Gasteiger partial charge in [0.15, 0.2) is 0 Å². The highest BCUT2D eigenvalue weighted by Gasteiger charge is 2.24. The molecule has 0 aliphatic carbocycles. The minimum atomic E-state index is -3.92. The Bertz CT molecular complexity index is 870. The van der Waals surface area contributed by atoms with Gasteiger partial charge in [0.1, 0.15) is 9.77 Å². The number of hydrogen-bond acceptors (Lipinski definition) is 6. The van der Waals surface area contributed by atoms with Gasteiger partial charge in [0, 0.05) is 19.8 Å². The summed E-state index contributed by atoms with van der Waals surface area (Å²) in [7, 11) is 0.616. The van der Waals surface area contributed by atoms with Crippen LogP contribution in [0.3, 0.4) is 0 Å². The molecule has 2 rings (SSSR count). The van der Waals surface area contributed by atoms with E-state index in [1.54, 1.807) is 38.4 Å². The Labute approximate surface area is 150 Å². The highest BCUT2D eigenvalue weighted by Crippen LogP contribution is 2.25. The Hall–Kier alpha value is -2.39. The molecule has 0 saturated heterocycles. The van der Waals surface area contributed by atoms with Crippen molar-refractivity contribution in [3.05, 3.63) is 46.2 Å². The molecule has 1 aromatic carbocycles. The predicted octanol–water partition coefficient (Wildman–Crippen LogP) is 1.97. The maximum absolute atomic E-state index is 12.5. The molecule has 134 valence electrons. The fourth-order valence-electron chi connectivity index (χ4n) is 1.98. The molecule has 0 fully saturated rings. The summed E-state index contributed by atoms with van der Waals surface area (Å²) >= 11 is 0.996. The van der Waals surface area contributed by atoms with Crippen molar-refractivity contribution in [3.63, 3.8) is 0 Å². The summed E-state index contributed by atoms with van der Waals surface area (Å²) in [6, 6.07) is 7.84. The number of likely N-dealkylation sites (N-methyl/N-ethyl adjacent to an activating group) is 1. The molecule has 0 aliphatic heterocycles. The van der Waals surface area contributed by atoms with Gasteiger partial charge >= 0.3 is 5.97 Å². The van der Waals surface area contributed by atoms with E-state index in [0.717, 1.165) is 16.9 Å². The summed E-state index contributed by atoms with van der Waals surface area (Å²) in [6.45, 7) is 0. The lowest BCUT2D eigenvalue weighted by Gasteiger charge is -2.11. The number of carbonyl (C=O) groups is 2. The molecule has 9 heteroatoms. The number of carbonyl (C=O) groups excluding carboxylic acids is 2. The number of nitrogens with one attached hydrogen (secondary N) is 1. The molecule has 1 N–H and O–H groups in total. The van der Waals surface area contributed by atoms with E-state index in [-0.39, 0.29) is 22.1 Å². The van der Waals surface area contributed by atoms with Gasteiger partial charge in [0.05, 0.1) is 13.5 Å². The van der Waals surface area contributed by atoms with Crippen LogP contribution in [0, 0.1) is 0 Å². The van der Waals surface area contributed by atoms with Crippen LogP contribution >= 0.6 is 11.3 Å². The molecule has 0 aliphatic rings. The Morgan fingerprint density at radius 3 is 2.36 bits per heavy atom. The molecule has 0 unspecified atom stereocenters. The van der Waals surface area contributed by atoms with Gasteiger partial charge in [-0.2, -0.15) is 0 Å². The van der Waals surface area contributed by atoms with Crippen molar-refractivity contribution in [1.29, 1.82) is 0 Å². The van der Waals surface area contributed by atoms with E-state index >= 15 is 0 Å². The van der Waals surface area contributed by atoms with Crippen LogP contribution in [0.15, 0.2) is 40.6 Å². The fourth-order valence-corrected chi connectivity index (χ4v) is 4.38. The van der Waals surface area contributed by atoms with Crippen molar-refractivity contribution in [1.82, 2.24) is 4.90 Å². The first kappa shape index (κ1) is 18.9. The molecule has 1 aromatic heterocycles. The van der Waals surface area contributed by atoms with Crippen molar-refractivity contribution >= 4 is 38.9 Å². The zero-order chi connectivity index (χ0) is 18.6. The highest BCUT2D eigenvalue weighted by atomic mass is 32.2. The molecule has 7 nitrogen and oxygen atoms in total. The number of benzene rings is 1. The zero-order valence-corrected chi connectivity index (χ0v) is 15.6. The lowest BCUT2D eigenvalue weighted by Crippen LogP contribution is -2.23. The number of anilines is 1. The van der Waals surface area contributed by atoms with Crippen molar-refractivity contribution < 1.29 is 22.7 Å². The quantitative estimate of drug-likeness (QED) is 0.771. The monoisotopic (exact) mass is 382 g/mol. The Kier molecular flexibility index (Phi) is 5.81. The number of ether oxygens (including phenoxy) is 1. The lowest BCUT2D eigenvalue weighted by molar-refractivity contribution is -0.127. The second-order valence-electron chi connectivity index (χ2n) is 5.37. The van der Waals surface area contributed by atoms with Crippen LogP contribution in [0.25, 0.3) is 0 Å². The third kappa shape index (κ3) is 4.58. The smallest absolute Gasteiger partial charge is 0.349 e. The van der Waals surface area contributed by atoms with Gasteiger partial charge in [-0.15, -0.1) is 11.3 Å². The van der Waals surface area contributed by atoms with Crippen LogP contribution in [0.5, 0.6) is 0 Å². The lowest BCUT2D eigenvalue weighted by atomic mass is 10.1. The first-order valence-corrected chi connectivity index (χ1v) is 9.58. The van der Waals surface area contributed by atoms with E-state index in [1.165, 1.54) is 23.5 Å². The maximum Gasteiger partial charge on any atom is 0.349 e. The first-order chi connectivity index (χ1) is 11.7. The fraction of sp³-hybridized carbons (Fsp3) is 0.250. The van der Waals surface area contributed by atoms with Gasteiger partial charge in [-0.05, 0) is 29.1 Å². The van der Waals surface area contributed by atoms with Gasteiger partial charge in [-0.25, -0.2) is 13.2 Å². The number of hydrogen-bond donors (Lipinski definition) is 1. The summed E-state index contributed by atoms with van der Waals surface area (Å²) in [4.78, 5) is 24.7. The third-order valence-electron chi connectivity index (χ3n) is 3.35. The maximum atomic E-state index is 12.5. The summed E-state index contributed by atoms with van der Waals surface area (Å²) in [6.07, 6.45) is 0.233. The number of rotatable bonds is 6. The van der Waals surface area contributed by atoms with Crippen LogP contribution in [-0.2, 0) is 26.0 Å². The number of methoxy groups -OCH3 is 1. The van der Waals surface area contributed by atoms with Crippen LogP contribution in [-0.4, -0.2) is 46.4 Å².